The molecule has 2 aromatic rings. The molecule has 1 aliphatic carbocycles. The van der Waals surface area contributed by atoms with Crippen LogP contribution in [-0.4, -0.2) is 60.0 Å². The Balaban J connectivity index is 1.36. The third kappa shape index (κ3) is 3.44. The number of piperazine rings is 1. The molecule has 26 heavy (non-hydrogen) atoms. The van der Waals surface area contributed by atoms with Gasteiger partial charge < -0.3 is 10.2 Å². The molecule has 1 saturated heterocycles. The number of carbonyl (C=O) groups is 1. The molecule has 5 heteroatoms. The Morgan fingerprint density at radius 3 is 2.65 bits per heavy atom. The van der Waals surface area contributed by atoms with Crippen LogP contribution in [0, 0.1) is 0 Å². The Morgan fingerprint density at radius 1 is 1.12 bits per heavy atom. The standard InChI is InChI=1S/C21H26N4O/c1-22-20-15-18(8-9-23-20)21(26)25-12-10-24(11-13-25)19-7-6-16-4-2-3-5-17(16)14-19/h2-5,8-9,15,19H,6-7,10-14H2,1H3,(H,22,23)/t19-/m0/s1. The third-order valence-corrected chi connectivity index (χ3v) is 5.70. The number of carbonyl (C=O) groups excluding carboxylic acids is 1. The summed E-state index contributed by atoms with van der Waals surface area (Å²) in [5, 5.41) is 2.99. The molecule has 1 aromatic carbocycles. The van der Waals surface area contributed by atoms with Crippen molar-refractivity contribution in [2.45, 2.75) is 25.3 Å². The highest BCUT2D eigenvalue weighted by Gasteiger charge is 2.29. The zero-order valence-corrected chi connectivity index (χ0v) is 15.3. The molecule has 2 aliphatic rings. The molecule has 1 amide bonds. The molecule has 1 aromatic heterocycles. The first-order chi connectivity index (χ1) is 12.7. The molecule has 0 saturated carbocycles. The van der Waals surface area contributed by atoms with Crippen molar-refractivity contribution in [3.8, 4) is 0 Å². The zero-order valence-electron chi connectivity index (χ0n) is 15.3. The molecule has 2 heterocycles. The van der Waals surface area contributed by atoms with E-state index in [1.807, 2.05) is 18.0 Å². The topological polar surface area (TPSA) is 48.5 Å². The van der Waals surface area contributed by atoms with Crippen LogP contribution >= 0.6 is 0 Å². The van der Waals surface area contributed by atoms with Crippen molar-refractivity contribution in [2.24, 2.45) is 0 Å². The maximum absolute atomic E-state index is 12.8. The molecule has 0 unspecified atom stereocenters. The fraction of sp³-hybridized carbons (Fsp3) is 0.429. The molecule has 1 N–H and O–H groups in total. The lowest BCUT2D eigenvalue weighted by atomic mass is 9.87. The molecular weight excluding hydrogens is 324 g/mol. The zero-order chi connectivity index (χ0) is 17.9. The molecule has 0 radical (unpaired) electrons. The summed E-state index contributed by atoms with van der Waals surface area (Å²) >= 11 is 0. The molecule has 4 rings (SSSR count). The summed E-state index contributed by atoms with van der Waals surface area (Å²) in [6, 6.07) is 13.0. The van der Waals surface area contributed by atoms with Gasteiger partial charge in [-0.2, -0.15) is 0 Å². The van der Waals surface area contributed by atoms with E-state index >= 15 is 0 Å². The number of fused-ring (bicyclic) bond motifs is 1. The molecule has 0 bridgehead atoms. The van der Waals surface area contributed by atoms with Crippen LogP contribution in [0.25, 0.3) is 0 Å². The number of aryl methyl sites for hydroxylation is 1. The first kappa shape index (κ1) is 17.0. The predicted octanol–water partition coefficient (Wildman–Crippen LogP) is 2.44. The lowest BCUT2D eigenvalue weighted by Crippen LogP contribution is -2.53. The highest BCUT2D eigenvalue weighted by Crippen LogP contribution is 2.25. The van der Waals surface area contributed by atoms with Gasteiger partial charge in [-0.25, -0.2) is 4.98 Å². The number of hydrogen-bond donors (Lipinski definition) is 1. The number of nitrogens with one attached hydrogen (secondary N) is 1. The lowest BCUT2D eigenvalue weighted by molar-refractivity contribution is 0.0553. The van der Waals surface area contributed by atoms with Gasteiger partial charge in [-0.05, 0) is 42.5 Å². The number of rotatable bonds is 3. The Morgan fingerprint density at radius 2 is 1.88 bits per heavy atom. The number of nitrogens with zero attached hydrogens (tertiary/aromatic N) is 3. The highest BCUT2D eigenvalue weighted by molar-refractivity contribution is 5.94. The van der Waals surface area contributed by atoms with E-state index in [0.717, 1.165) is 38.4 Å². The highest BCUT2D eigenvalue weighted by atomic mass is 16.2. The van der Waals surface area contributed by atoms with Gasteiger partial charge in [0, 0.05) is 51.0 Å². The number of aromatic nitrogens is 1. The van der Waals surface area contributed by atoms with Crippen LogP contribution in [-0.2, 0) is 12.8 Å². The van der Waals surface area contributed by atoms with Gasteiger partial charge in [-0.3, -0.25) is 9.69 Å². The van der Waals surface area contributed by atoms with E-state index in [2.05, 4.69) is 39.5 Å². The van der Waals surface area contributed by atoms with Crippen LogP contribution in [0.2, 0.25) is 0 Å². The summed E-state index contributed by atoms with van der Waals surface area (Å²) in [5.74, 6) is 0.841. The van der Waals surface area contributed by atoms with Crippen molar-refractivity contribution >= 4 is 11.7 Å². The van der Waals surface area contributed by atoms with Crippen molar-refractivity contribution in [1.82, 2.24) is 14.8 Å². The van der Waals surface area contributed by atoms with Crippen molar-refractivity contribution in [2.75, 3.05) is 38.5 Å². The van der Waals surface area contributed by atoms with Crippen molar-refractivity contribution in [3.63, 3.8) is 0 Å². The maximum Gasteiger partial charge on any atom is 0.254 e. The largest absolute Gasteiger partial charge is 0.373 e. The second kappa shape index (κ2) is 7.46. The van der Waals surface area contributed by atoms with Gasteiger partial charge in [0.2, 0.25) is 0 Å². The molecular formula is C21H26N4O. The van der Waals surface area contributed by atoms with Crippen LogP contribution in [0.1, 0.15) is 27.9 Å². The second-order valence-corrected chi connectivity index (χ2v) is 7.17. The smallest absolute Gasteiger partial charge is 0.254 e. The summed E-state index contributed by atoms with van der Waals surface area (Å²) in [7, 11) is 1.82. The number of benzene rings is 1. The first-order valence-electron chi connectivity index (χ1n) is 9.48. The Kier molecular flexibility index (Phi) is 4.89. The Hall–Kier alpha value is -2.40. The van der Waals surface area contributed by atoms with Crippen LogP contribution in [0.15, 0.2) is 42.6 Å². The molecule has 0 spiro atoms. The van der Waals surface area contributed by atoms with Gasteiger partial charge in [0.25, 0.3) is 5.91 Å². The molecule has 5 nitrogen and oxygen atoms in total. The van der Waals surface area contributed by atoms with E-state index in [-0.39, 0.29) is 5.91 Å². The van der Waals surface area contributed by atoms with Crippen LogP contribution in [0.5, 0.6) is 0 Å². The minimum atomic E-state index is 0.109. The fourth-order valence-corrected chi connectivity index (χ4v) is 4.16. The summed E-state index contributed by atoms with van der Waals surface area (Å²) < 4.78 is 0. The van der Waals surface area contributed by atoms with E-state index in [9.17, 15) is 4.79 Å². The summed E-state index contributed by atoms with van der Waals surface area (Å²) in [4.78, 5) is 21.5. The summed E-state index contributed by atoms with van der Waals surface area (Å²) in [6.07, 6.45) is 5.22. The summed E-state index contributed by atoms with van der Waals surface area (Å²) in [6.45, 7) is 3.52. The second-order valence-electron chi connectivity index (χ2n) is 7.17. The normalized spacial score (nSPS) is 20.5. The SMILES string of the molecule is CNc1cc(C(=O)N2CCN([C@H]3CCc4ccccc4C3)CC2)ccn1. The van der Waals surface area contributed by atoms with Crippen LogP contribution in [0.3, 0.4) is 0 Å². The van der Waals surface area contributed by atoms with E-state index in [0.29, 0.717) is 11.6 Å². The predicted molar refractivity (Wildman–Crippen MR) is 104 cm³/mol. The minimum Gasteiger partial charge on any atom is -0.373 e. The van der Waals surface area contributed by atoms with Crippen molar-refractivity contribution < 1.29 is 4.79 Å². The van der Waals surface area contributed by atoms with Gasteiger partial charge in [0.15, 0.2) is 0 Å². The first-order valence-corrected chi connectivity index (χ1v) is 9.48. The number of anilines is 1. The fourth-order valence-electron chi connectivity index (χ4n) is 4.16. The van der Waals surface area contributed by atoms with Crippen molar-refractivity contribution in [3.05, 3.63) is 59.3 Å². The number of hydrogen-bond acceptors (Lipinski definition) is 4. The van der Waals surface area contributed by atoms with E-state index < -0.39 is 0 Å². The lowest BCUT2D eigenvalue weighted by Gasteiger charge is -2.41. The average Bonchev–Trinajstić information content (AvgIpc) is 2.73. The summed E-state index contributed by atoms with van der Waals surface area (Å²) in [5.41, 5.74) is 3.72. The third-order valence-electron chi connectivity index (χ3n) is 5.70. The van der Waals surface area contributed by atoms with Gasteiger partial charge in [-0.1, -0.05) is 24.3 Å². The van der Waals surface area contributed by atoms with Crippen LogP contribution < -0.4 is 5.32 Å². The van der Waals surface area contributed by atoms with Gasteiger partial charge in [-0.15, -0.1) is 0 Å². The number of pyridine rings is 1. The quantitative estimate of drug-likeness (QED) is 0.924. The van der Waals surface area contributed by atoms with Gasteiger partial charge >= 0.3 is 0 Å². The van der Waals surface area contributed by atoms with Crippen LogP contribution in [0.4, 0.5) is 5.82 Å². The van der Waals surface area contributed by atoms with Gasteiger partial charge in [0.05, 0.1) is 0 Å². The molecule has 1 fully saturated rings. The maximum atomic E-state index is 12.8. The van der Waals surface area contributed by atoms with E-state index in [4.69, 9.17) is 0 Å². The van der Waals surface area contributed by atoms with Gasteiger partial charge in [0.1, 0.15) is 5.82 Å². The molecule has 136 valence electrons. The Bertz CT molecular complexity index is 783. The monoisotopic (exact) mass is 350 g/mol. The van der Waals surface area contributed by atoms with Crippen molar-refractivity contribution in [1.29, 1.82) is 0 Å². The molecule has 1 atom stereocenters. The minimum absolute atomic E-state index is 0.109. The molecule has 1 aliphatic heterocycles. The number of amides is 1. The van der Waals surface area contributed by atoms with E-state index in [1.54, 1.807) is 12.3 Å². The van der Waals surface area contributed by atoms with E-state index in [1.165, 1.54) is 24.0 Å². The Labute approximate surface area is 155 Å². The average molecular weight is 350 g/mol.